The fraction of sp³-hybridized carbons (Fsp3) is 0.192. The van der Waals surface area contributed by atoms with Crippen LogP contribution in [0.3, 0.4) is 0 Å². The van der Waals surface area contributed by atoms with Crippen LogP contribution in [0.15, 0.2) is 83.8 Å². The molecule has 0 saturated carbocycles. The fourth-order valence-electron chi connectivity index (χ4n) is 4.80. The molecule has 1 aliphatic heterocycles. The molecule has 3 N–H and O–H groups in total. The molecule has 3 aromatic carbocycles. The number of carboxylic acids is 1. The molecule has 0 spiro atoms. The first-order valence-corrected chi connectivity index (χ1v) is 12.4. The summed E-state index contributed by atoms with van der Waals surface area (Å²) in [5.74, 6) is -0.124. The summed E-state index contributed by atoms with van der Waals surface area (Å²) in [5, 5.41) is 12.7. The molecule has 7 nitrogen and oxygen atoms in total. The Bertz CT molecular complexity index is 1380. The third kappa shape index (κ3) is 4.01. The molecule has 8 heteroatoms. The molecule has 1 aliphatic carbocycles. The molecule has 3 atom stereocenters. The molecule has 0 amide bonds. The number of carboxylic acid groups (broad SMARTS) is 1. The Balaban J connectivity index is 1.45. The van der Waals surface area contributed by atoms with Gasteiger partial charge in [0.2, 0.25) is 0 Å². The lowest BCUT2D eigenvalue weighted by atomic mass is 9.77. The van der Waals surface area contributed by atoms with Gasteiger partial charge in [0.05, 0.1) is 29.3 Å². The lowest BCUT2D eigenvalue weighted by molar-refractivity contribution is 0.0697. The SMILES string of the molecule is COc1cccc(NS(=O)(=O)c2ccc3c(c2)[C@@H]2C=CC[C@@H]2[C@@H](c2ccc(C(=O)O)cc2)N3)c1. The van der Waals surface area contributed by atoms with Crippen LogP contribution in [0.4, 0.5) is 11.4 Å². The standard InChI is InChI=1S/C26H24N2O5S/c1-33-19-5-2-4-18(14-19)28-34(31,32)20-12-13-24-23(15-20)21-6-3-7-22(21)25(27-24)16-8-10-17(11-9-16)26(29)30/h2-6,8-15,21-22,25,27-28H,7H2,1H3,(H,29,30)/t21-,22+,25-/m1/s1. The number of fused-ring (bicyclic) bond motifs is 3. The van der Waals surface area contributed by atoms with Crippen LogP contribution in [0.25, 0.3) is 0 Å². The highest BCUT2D eigenvalue weighted by Crippen LogP contribution is 2.50. The summed E-state index contributed by atoms with van der Waals surface area (Å²) < 4.78 is 34.0. The Labute approximate surface area is 198 Å². The van der Waals surface area contributed by atoms with Gasteiger partial charge in [0, 0.05) is 17.7 Å². The normalized spacial score (nSPS) is 20.7. The third-order valence-corrected chi connectivity index (χ3v) is 7.86. The molecular weight excluding hydrogens is 452 g/mol. The average Bonchev–Trinajstić information content (AvgIpc) is 3.33. The van der Waals surface area contributed by atoms with Gasteiger partial charge in [-0.25, -0.2) is 13.2 Å². The van der Waals surface area contributed by atoms with E-state index in [1.54, 1.807) is 54.6 Å². The predicted octanol–water partition coefficient (Wildman–Crippen LogP) is 5.02. The summed E-state index contributed by atoms with van der Waals surface area (Å²) in [5.41, 5.74) is 3.50. The van der Waals surface area contributed by atoms with Gasteiger partial charge in [0.1, 0.15) is 5.75 Å². The molecule has 174 valence electrons. The van der Waals surface area contributed by atoms with E-state index in [4.69, 9.17) is 4.74 Å². The predicted molar refractivity (Wildman–Crippen MR) is 130 cm³/mol. The van der Waals surface area contributed by atoms with Crippen molar-refractivity contribution in [2.24, 2.45) is 5.92 Å². The van der Waals surface area contributed by atoms with Crippen molar-refractivity contribution in [1.82, 2.24) is 0 Å². The summed E-state index contributed by atoms with van der Waals surface area (Å²) in [6, 6.07) is 18.8. The van der Waals surface area contributed by atoms with Crippen molar-refractivity contribution in [3.8, 4) is 5.75 Å². The second-order valence-corrected chi connectivity index (χ2v) is 10.2. The number of aromatic carboxylic acids is 1. The topological polar surface area (TPSA) is 105 Å². The fourth-order valence-corrected chi connectivity index (χ4v) is 5.89. The number of hydrogen-bond acceptors (Lipinski definition) is 5. The summed E-state index contributed by atoms with van der Waals surface area (Å²) in [4.78, 5) is 11.4. The summed E-state index contributed by atoms with van der Waals surface area (Å²) in [6.45, 7) is 0. The van der Waals surface area contributed by atoms with Gasteiger partial charge in [-0.2, -0.15) is 0 Å². The zero-order chi connectivity index (χ0) is 23.9. The minimum atomic E-state index is -3.79. The molecule has 0 bridgehead atoms. The first kappa shape index (κ1) is 22.0. The van der Waals surface area contributed by atoms with Gasteiger partial charge in [0.25, 0.3) is 10.0 Å². The van der Waals surface area contributed by atoms with E-state index >= 15 is 0 Å². The van der Waals surface area contributed by atoms with E-state index < -0.39 is 16.0 Å². The van der Waals surface area contributed by atoms with Gasteiger partial charge < -0.3 is 15.2 Å². The number of methoxy groups -OCH3 is 1. The average molecular weight is 477 g/mol. The monoisotopic (exact) mass is 476 g/mol. The number of nitrogens with one attached hydrogen (secondary N) is 2. The van der Waals surface area contributed by atoms with Crippen LogP contribution in [0, 0.1) is 5.92 Å². The van der Waals surface area contributed by atoms with Crippen LogP contribution in [0.2, 0.25) is 0 Å². The largest absolute Gasteiger partial charge is 0.497 e. The Morgan fingerprint density at radius 3 is 2.62 bits per heavy atom. The lowest BCUT2D eigenvalue weighted by Crippen LogP contribution is -2.29. The number of allylic oxidation sites excluding steroid dienone is 2. The van der Waals surface area contributed by atoms with Crippen LogP contribution in [0.1, 0.15) is 39.9 Å². The molecule has 2 aliphatic rings. The minimum Gasteiger partial charge on any atom is -0.497 e. The highest BCUT2D eigenvalue weighted by Gasteiger charge is 2.38. The smallest absolute Gasteiger partial charge is 0.335 e. The molecule has 3 aromatic rings. The number of ether oxygens (including phenoxy) is 1. The number of rotatable bonds is 6. The Morgan fingerprint density at radius 1 is 1.09 bits per heavy atom. The maximum Gasteiger partial charge on any atom is 0.335 e. The maximum absolute atomic E-state index is 13.1. The minimum absolute atomic E-state index is 0.00675. The molecule has 34 heavy (non-hydrogen) atoms. The van der Waals surface area contributed by atoms with Crippen molar-refractivity contribution >= 4 is 27.4 Å². The van der Waals surface area contributed by atoms with Gasteiger partial charge in [-0.15, -0.1) is 0 Å². The van der Waals surface area contributed by atoms with E-state index in [1.807, 2.05) is 12.1 Å². The molecule has 0 aromatic heterocycles. The van der Waals surface area contributed by atoms with Crippen molar-refractivity contribution in [2.75, 3.05) is 17.1 Å². The molecule has 0 unspecified atom stereocenters. The van der Waals surface area contributed by atoms with Crippen molar-refractivity contribution < 1.29 is 23.1 Å². The Kier molecular flexibility index (Phi) is 5.53. The number of sulfonamides is 1. The summed E-state index contributed by atoms with van der Waals surface area (Å²) in [6.07, 6.45) is 5.11. The highest BCUT2D eigenvalue weighted by atomic mass is 32.2. The number of carbonyl (C=O) groups is 1. The third-order valence-electron chi connectivity index (χ3n) is 6.48. The van der Waals surface area contributed by atoms with Crippen LogP contribution in [-0.4, -0.2) is 26.6 Å². The van der Waals surface area contributed by atoms with Crippen LogP contribution in [-0.2, 0) is 10.0 Å². The van der Waals surface area contributed by atoms with E-state index in [-0.39, 0.29) is 28.3 Å². The first-order valence-electron chi connectivity index (χ1n) is 10.9. The first-order chi connectivity index (χ1) is 16.4. The molecule has 1 heterocycles. The van der Waals surface area contributed by atoms with Crippen molar-refractivity contribution in [3.63, 3.8) is 0 Å². The van der Waals surface area contributed by atoms with E-state index in [0.717, 1.165) is 23.2 Å². The Morgan fingerprint density at radius 2 is 1.88 bits per heavy atom. The van der Waals surface area contributed by atoms with E-state index in [9.17, 15) is 18.3 Å². The quantitative estimate of drug-likeness (QED) is 0.432. The number of anilines is 2. The molecular formula is C26H24N2O5S. The van der Waals surface area contributed by atoms with Gasteiger partial charge in [0.15, 0.2) is 0 Å². The van der Waals surface area contributed by atoms with Gasteiger partial charge in [-0.05, 0) is 65.9 Å². The number of benzene rings is 3. The molecule has 5 rings (SSSR count). The summed E-state index contributed by atoms with van der Waals surface area (Å²) >= 11 is 0. The van der Waals surface area contributed by atoms with Crippen LogP contribution in [0.5, 0.6) is 5.75 Å². The zero-order valence-corrected chi connectivity index (χ0v) is 19.2. The van der Waals surface area contributed by atoms with Gasteiger partial charge in [-0.3, -0.25) is 4.72 Å². The van der Waals surface area contributed by atoms with E-state index in [0.29, 0.717) is 11.4 Å². The van der Waals surface area contributed by atoms with Crippen molar-refractivity contribution in [1.29, 1.82) is 0 Å². The van der Waals surface area contributed by atoms with Gasteiger partial charge in [-0.1, -0.05) is 30.4 Å². The highest BCUT2D eigenvalue weighted by molar-refractivity contribution is 7.92. The van der Waals surface area contributed by atoms with E-state index in [1.165, 1.54) is 7.11 Å². The molecule has 0 fully saturated rings. The van der Waals surface area contributed by atoms with Crippen LogP contribution < -0.4 is 14.8 Å². The molecule has 0 radical (unpaired) electrons. The molecule has 0 saturated heterocycles. The Hall–Kier alpha value is -3.78. The number of hydrogen-bond donors (Lipinski definition) is 3. The van der Waals surface area contributed by atoms with Crippen LogP contribution >= 0.6 is 0 Å². The second-order valence-electron chi connectivity index (χ2n) is 8.49. The summed E-state index contributed by atoms with van der Waals surface area (Å²) in [7, 11) is -2.26. The van der Waals surface area contributed by atoms with Gasteiger partial charge >= 0.3 is 5.97 Å². The van der Waals surface area contributed by atoms with Crippen molar-refractivity contribution in [3.05, 3.63) is 95.6 Å². The van der Waals surface area contributed by atoms with Crippen molar-refractivity contribution in [2.45, 2.75) is 23.3 Å². The second kappa shape index (κ2) is 8.53. The lowest BCUT2D eigenvalue weighted by Gasteiger charge is -2.37. The van der Waals surface area contributed by atoms with E-state index in [2.05, 4.69) is 22.2 Å². The maximum atomic E-state index is 13.1. The zero-order valence-electron chi connectivity index (χ0n) is 18.4.